The van der Waals surface area contributed by atoms with Crippen molar-refractivity contribution in [2.75, 3.05) is 26.3 Å². The van der Waals surface area contributed by atoms with Gasteiger partial charge in [-0.25, -0.2) is 4.68 Å². The van der Waals surface area contributed by atoms with Crippen LogP contribution in [0.25, 0.3) is 21.9 Å². The number of rotatable bonds is 4. The second-order valence-corrected chi connectivity index (χ2v) is 8.65. The number of hydrogen-bond donors (Lipinski definition) is 0. The Hall–Kier alpha value is -2.82. The van der Waals surface area contributed by atoms with Gasteiger partial charge in [-0.3, -0.25) is 9.59 Å². The lowest BCUT2D eigenvalue weighted by Gasteiger charge is -2.37. The number of thiophene rings is 1. The maximum atomic E-state index is 12.9. The highest BCUT2D eigenvalue weighted by atomic mass is 32.1. The van der Waals surface area contributed by atoms with E-state index >= 15 is 0 Å². The molecule has 0 bridgehead atoms. The van der Waals surface area contributed by atoms with E-state index in [1.165, 1.54) is 22.1 Å². The summed E-state index contributed by atoms with van der Waals surface area (Å²) in [6, 6.07) is 7.05. The largest absolute Gasteiger partial charge is 0.356 e. The number of carbonyl (C=O) groups excluding carboxylic acids is 1. The summed E-state index contributed by atoms with van der Waals surface area (Å²) in [5.41, 5.74) is 1.49. The van der Waals surface area contributed by atoms with Gasteiger partial charge in [-0.05, 0) is 18.4 Å². The van der Waals surface area contributed by atoms with Crippen LogP contribution in [-0.4, -0.2) is 57.8 Å². The molecule has 0 unspecified atom stereocenters. The third-order valence-corrected chi connectivity index (χ3v) is 6.50. The molecule has 0 N–H and O–H groups in total. The number of hydrogen-bond acceptors (Lipinski definition) is 8. The highest BCUT2D eigenvalue weighted by Crippen LogP contribution is 2.33. The molecule has 3 aromatic heterocycles. The van der Waals surface area contributed by atoms with Gasteiger partial charge in [-0.15, -0.1) is 11.3 Å². The lowest BCUT2D eigenvalue weighted by Crippen LogP contribution is -2.48. The predicted octanol–water partition coefficient (Wildman–Crippen LogP) is 2.30. The highest BCUT2D eigenvalue weighted by molar-refractivity contribution is 7.13. The lowest BCUT2D eigenvalue weighted by molar-refractivity contribution is -0.187. The fourth-order valence-electron chi connectivity index (χ4n) is 3.99. The summed E-state index contributed by atoms with van der Waals surface area (Å²) in [5, 5.41) is 10.4. The molecule has 5 heterocycles. The number of carbonyl (C=O) groups is 1. The van der Waals surface area contributed by atoms with E-state index in [-0.39, 0.29) is 18.0 Å². The minimum atomic E-state index is -0.547. The number of ether oxygens (including phenoxy) is 2. The maximum absolute atomic E-state index is 12.9. The SMILES string of the molecule is Cc1cc(-c2cc(=O)n(CC(=O)N3CCC4(CC3)OCCO4)nc2-c2cccs2)on1. The average molecular weight is 442 g/mol. The van der Waals surface area contributed by atoms with Gasteiger partial charge in [0.25, 0.3) is 5.56 Å². The summed E-state index contributed by atoms with van der Waals surface area (Å²) in [6.45, 7) is 3.93. The zero-order valence-electron chi connectivity index (χ0n) is 17.1. The standard InChI is InChI=1S/C21H22N4O5S/c1-14-11-16(30-23-14)15-12-18(26)25(22-20(15)17-3-2-10-31-17)13-19(27)24-6-4-21(5-7-24)28-8-9-29-21/h2-3,10-12H,4-9,13H2,1H3. The van der Waals surface area contributed by atoms with Crippen LogP contribution >= 0.6 is 11.3 Å². The summed E-state index contributed by atoms with van der Waals surface area (Å²) >= 11 is 1.50. The first-order valence-corrected chi connectivity index (χ1v) is 11.1. The molecule has 162 valence electrons. The lowest BCUT2D eigenvalue weighted by atomic mass is 10.0. The molecular formula is C21H22N4O5S. The molecular weight excluding hydrogens is 420 g/mol. The van der Waals surface area contributed by atoms with Crippen molar-refractivity contribution in [1.29, 1.82) is 0 Å². The Morgan fingerprint density at radius 3 is 2.65 bits per heavy atom. The van der Waals surface area contributed by atoms with Gasteiger partial charge in [-0.2, -0.15) is 5.10 Å². The Labute approximate surface area is 182 Å². The van der Waals surface area contributed by atoms with Crippen LogP contribution in [0.5, 0.6) is 0 Å². The van der Waals surface area contributed by atoms with Crippen molar-refractivity contribution in [3.05, 3.63) is 45.7 Å². The van der Waals surface area contributed by atoms with Crippen molar-refractivity contribution in [2.24, 2.45) is 0 Å². The molecule has 9 nitrogen and oxygen atoms in total. The minimum Gasteiger partial charge on any atom is -0.356 e. The van der Waals surface area contributed by atoms with Crippen LogP contribution in [0.1, 0.15) is 18.5 Å². The highest BCUT2D eigenvalue weighted by Gasteiger charge is 2.40. The Bertz CT molecular complexity index is 1140. The fraction of sp³-hybridized carbons (Fsp3) is 0.429. The monoisotopic (exact) mass is 442 g/mol. The van der Waals surface area contributed by atoms with Gasteiger partial charge >= 0.3 is 0 Å². The first-order chi connectivity index (χ1) is 15.0. The molecule has 0 aromatic carbocycles. The number of aryl methyl sites for hydroxylation is 1. The van der Waals surface area contributed by atoms with Crippen LogP contribution in [0.4, 0.5) is 0 Å². The number of likely N-dealkylation sites (tertiary alicyclic amines) is 1. The summed E-state index contributed by atoms with van der Waals surface area (Å²) in [6.07, 6.45) is 1.26. The summed E-state index contributed by atoms with van der Waals surface area (Å²) in [7, 11) is 0. The molecule has 3 aromatic rings. The molecule has 1 spiro atoms. The van der Waals surface area contributed by atoms with Crippen molar-refractivity contribution in [3.63, 3.8) is 0 Å². The van der Waals surface area contributed by atoms with Gasteiger partial charge in [-0.1, -0.05) is 11.2 Å². The normalized spacial score (nSPS) is 18.0. The average Bonchev–Trinajstić information content (AvgIpc) is 3.53. The molecule has 2 aliphatic heterocycles. The second-order valence-electron chi connectivity index (χ2n) is 7.70. The number of amides is 1. The van der Waals surface area contributed by atoms with E-state index in [0.717, 1.165) is 4.88 Å². The maximum Gasteiger partial charge on any atom is 0.268 e. The van der Waals surface area contributed by atoms with E-state index in [9.17, 15) is 9.59 Å². The van der Waals surface area contributed by atoms with Gasteiger partial charge < -0.3 is 18.9 Å². The van der Waals surface area contributed by atoms with E-state index in [4.69, 9.17) is 14.0 Å². The van der Waals surface area contributed by atoms with Crippen molar-refractivity contribution in [3.8, 4) is 21.9 Å². The van der Waals surface area contributed by atoms with E-state index in [1.54, 1.807) is 11.0 Å². The Morgan fingerprint density at radius 2 is 2.00 bits per heavy atom. The van der Waals surface area contributed by atoms with Crippen LogP contribution in [0, 0.1) is 6.92 Å². The summed E-state index contributed by atoms with van der Waals surface area (Å²) in [4.78, 5) is 28.3. The molecule has 0 saturated carbocycles. The van der Waals surface area contributed by atoms with E-state index in [2.05, 4.69) is 10.3 Å². The Kier molecular flexibility index (Phi) is 5.20. The van der Waals surface area contributed by atoms with Crippen LogP contribution < -0.4 is 5.56 Å². The Balaban J connectivity index is 1.40. The molecule has 2 fully saturated rings. The summed E-state index contributed by atoms with van der Waals surface area (Å²) in [5.74, 6) is -0.223. The van der Waals surface area contributed by atoms with Gasteiger partial charge in [0.15, 0.2) is 11.5 Å². The quantitative estimate of drug-likeness (QED) is 0.611. The van der Waals surface area contributed by atoms with Crippen molar-refractivity contribution < 1.29 is 18.8 Å². The molecule has 0 atom stereocenters. The molecule has 2 aliphatic rings. The van der Waals surface area contributed by atoms with Gasteiger partial charge in [0.2, 0.25) is 5.91 Å². The van der Waals surface area contributed by atoms with Crippen molar-refractivity contribution in [2.45, 2.75) is 32.1 Å². The molecule has 0 aliphatic carbocycles. The first kappa shape index (κ1) is 20.1. The fourth-order valence-corrected chi connectivity index (χ4v) is 4.71. The number of piperidine rings is 1. The zero-order chi connectivity index (χ0) is 21.4. The van der Waals surface area contributed by atoms with Gasteiger partial charge in [0, 0.05) is 38.1 Å². The van der Waals surface area contributed by atoms with Crippen LogP contribution in [-0.2, 0) is 20.8 Å². The zero-order valence-corrected chi connectivity index (χ0v) is 17.9. The van der Waals surface area contributed by atoms with E-state index in [0.29, 0.717) is 61.9 Å². The molecule has 5 rings (SSSR count). The summed E-state index contributed by atoms with van der Waals surface area (Å²) < 4.78 is 18.0. The van der Waals surface area contributed by atoms with Crippen LogP contribution in [0.15, 0.2) is 39.0 Å². The Morgan fingerprint density at radius 1 is 1.23 bits per heavy atom. The molecule has 2 saturated heterocycles. The smallest absolute Gasteiger partial charge is 0.268 e. The molecule has 31 heavy (non-hydrogen) atoms. The number of nitrogens with zero attached hydrogens (tertiary/aromatic N) is 4. The van der Waals surface area contributed by atoms with Crippen LogP contribution in [0.3, 0.4) is 0 Å². The van der Waals surface area contributed by atoms with E-state index < -0.39 is 5.79 Å². The molecule has 0 radical (unpaired) electrons. The van der Waals surface area contributed by atoms with E-state index in [1.807, 2.05) is 24.4 Å². The molecule has 1 amide bonds. The second kappa shape index (κ2) is 8.03. The topological polar surface area (TPSA) is 99.7 Å². The van der Waals surface area contributed by atoms with Crippen molar-refractivity contribution >= 4 is 17.2 Å². The van der Waals surface area contributed by atoms with Gasteiger partial charge in [0.05, 0.1) is 29.3 Å². The third-order valence-electron chi connectivity index (χ3n) is 5.62. The van der Waals surface area contributed by atoms with Crippen LogP contribution in [0.2, 0.25) is 0 Å². The van der Waals surface area contributed by atoms with Gasteiger partial charge in [0.1, 0.15) is 12.2 Å². The molecule has 10 heteroatoms. The minimum absolute atomic E-state index is 0.123. The third kappa shape index (κ3) is 3.93. The number of aromatic nitrogens is 3. The first-order valence-electron chi connectivity index (χ1n) is 10.2. The van der Waals surface area contributed by atoms with Crippen molar-refractivity contribution in [1.82, 2.24) is 19.8 Å². The predicted molar refractivity (Wildman–Crippen MR) is 112 cm³/mol.